The number of nitrogens with one attached hydrogen (secondary N) is 1. The lowest BCUT2D eigenvalue weighted by molar-refractivity contribution is -0.137. The second-order valence-electron chi connectivity index (χ2n) is 5.11. The Labute approximate surface area is 112 Å². The van der Waals surface area contributed by atoms with E-state index in [0.717, 1.165) is 12.3 Å². The molecule has 1 amide bonds. The first kappa shape index (κ1) is 13.6. The van der Waals surface area contributed by atoms with Crippen molar-refractivity contribution in [2.24, 2.45) is 5.92 Å². The Bertz CT molecular complexity index is 447. The van der Waals surface area contributed by atoms with Crippen LogP contribution in [0.4, 0.5) is 0 Å². The standard InChI is InChI=1S/C14H20N2O3/c17-13(18)10-16-9-3-6-12(16)14(19)15-8-7-11-4-1-2-5-11/h3,6,9,11H,1-2,4-5,7-8,10H2,(H,15,19)(H,17,18). The number of hydrogen-bond acceptors (Lipinski definition) is 2. The molecule has 0 aromatic carbocycles. The zero-order chi connectivity index (χ0) is 13.7. The van der Waals surface area contributed by atoms with E-state index in [1.54, 1.807) is 18.3 Å². The van der Waals surface area contributed by atoms with Crippen LogP contribution in [0.3, 0.4) is 0 Å². The normalized spacial score (nSPS) is 15.6. The van der Waals surface area contributed by atoms with Crippen molar-refractivity contribution < 1.29 is 14.7 Å². The number of carboxylic acids is 1. The van der Waals surface area contributed by atoms with Crippen LogP contribution >= 0.6 is 0 Å². The van der Waals surface area contributed by atoms with Crippen LogP contribution in [0.15, 0.2) is 18.3 Å². The highest BCUT2D eigenvalue weighted by Gasteiger charge is 2.16. The van der Waals surface area contributed by atoms with Crippen LogP contribution in [0, 0.1) is 5.92 Å². The summed E-state index contributed by atoms with van der Waals surface area (Å²) in [7, 11) is 0. The fraction of sp³-hybridized carbons (Fsp3) is 0.571. The van der Waals surface area contributed by atoms with Gasteiger partial charge < -0.3 is 15.0 Å². The van der Waals surface area contributed by atoms with Crippen molar-refractivity contribution in [3.05, 3.63) is 24.0 Å². The molecule has 1 saturated carbocycles. The largest absolute Gasteiger partial charge is 0.480 e. The highest BCUT2D eigenvalue weighted by molar-refractivity contribution is 5.93. The van der Waals surface area contributed by atoms with Gasteiger partial charge in [-0.15, -0.1) is 0 Å². The van der Waals surface area contributed by atoms with E-state index in [0.29, 0.717) is 12.2 Å². The van der Waals surface area contributed by atoms with E-state index in [1.165, 1.54) is 30.3 Å². The molecule has 104 valence electrons. The number of hydrogen-bond donors (Lipinski definition) is 2. The summed E-state index contributed by atoms with van der Waals surface area (Å²) in [5.74, 6) is -0.397. The number of carbonyl (C=O) groups is 2. The van der Waals surface area contributed by atoms with Crippen LogP contribution < -0.4 is 5.32 Å². The van der Waals surface area contributed by atoms with E-state index in [9.17, 15) is 9.59 Å². The monoisotopic (exact) mass is 264 g/mol. The van der Waals surface area contributed by atoms with Gasteiger partial charge in [-0.3, -0.25) is 9.59 Å². The van der Waals surface area contributed by atoms with Crippen molar-refractivity contribution in [2.45, 2.75) is 38.6 Å². The third-order valence-corrected chi connectivity index (χ3v) is 3.68. The molecule has 19 heavy (non-hydrogen) atoms. The molecule has 0 spiro atoms. The molecule has 5 heteroatoms. The molecule has 1 aliphatic rings. The number of amides is 1. The molecule has 1 aromatic rings. The zero-order valence-electron chi connectivity index (χ0n) is 11.0. The number of rotatable bonds is 6. The van der Waals surface area contributed by atoms with Gasteiger partial charge in [0.1, 0.15) is 12.2 Å². The van der Waals surface area contributed by atoms with Crippen molar-refractivity contribution in [3.8, 4) is 0 Å². The maximum Gasteiger partial charge on any atom is 0.323 e. The second kappa shape index (κ2) is 6.41. The van der Waals surface area contributed by atoms with Gasteiger partial charge in [0.05, 0.1) is 0 Å². The van der Waals surface area contributed by atoms with Crippen LogP contribution in [-0.2, 0) is 11.3 Å². The number of carboxylic acid groups (broad SMARTS) is 1. The molecule has 2 rings (SSSR count). The SMILES string of the molecule is O=C(O)Cn1cccc1C(=O)NCCC1CCCC1. The van der Waals surface area contributed by atoms with Gasteiger partial charge in [0.15, 0.2) is 0 Å². The summed E-state index contributed by atoms with van der Waals surface area (Å²) in [5.41, 5.74) is 0.411. The highest BCUT2D eigenvalue weighted by Crippen LogP contribution is 2.26. The molecule has 1 heterocycles. The predicted molar refractivity (Wildman–Crippen MR) is 71.0 cm³/mol. The molecule has 2 N–H and O–H groups in total. The van der Waals surface area contributed by atoms with Crippen LogP contribution in [0.5, 0.6) is 0 Å². The third-order valence-electron chi connectivity index (χ3n) is 3.68. The van der Waals surface area contributed by atoms with E-state index in [4.69, 9.17) is 5.11 Å². The summed E-state index contributed by atoms with van der Waals surface area (Å²) in [6.45, 7) is 0.486. The Balaban J connectivity index is 1.82. The first-order valence-electron chi connectivity index (χ1n) is 6.82. The van der Waals surface area contributed by atoms with E-state index in [2.05, 4.69) is 5.32 Å². The first-order valence-corrected chi connectivity index (χ1v) is 6.82. The molecule has 1 fully saturated rings. The van der Waals surface area contributed by atoms with E-state index in [-0.39, 0.29) is 12.5 Å². The lowest BCUT2D eigenvalue weighted by Crippen LogP contribution is -2.28. The molecular weight excluding hydrogens is 244 g/mol. The molecule has 1 aromatic heterocycles. The average Bonchev–Trinajstić information content (AvgIpc) is 2.99. The van der Waals surface area contributed by atoms with Crippen molar-refractivity contribution >= 4 is 11.9 Å². The average molecular weight is 264 g/mol. The smallest absolute Gasteiger partial charge is 0.323 e. The van der Waals surface area contributed by atoms with Gasteiger partial charge in [-0.25, -0.2) is 0 Å². The van der Waals surface area contributed by atoms with Gasteiger partial charge in [-0.05, 0) is 24.5 Å². The zero-order valence-corrected chi connectivity index (χ0v) is 11.0. The fourth-order valence-corrected chi connectivity index (χ4v) is 2.68. The second-order valence-corrected chi connectivity index (χ2v) is 5.11. The van der Waals surface area contributed by atoms with Gasteiger partial charge >= 0.3 is 5.97 Å². The number of nitrogens with zero attached hydrogens (tertiary/aromatic N) is 1. The van der Waals surface area contributed by atoms with Crippen LogP contribution in [-0.4, -0.2) is 28.1 Å². The van der Waals surface area contributed by atoms with E-state index < -0.39 is 5.97 Å². The van der Waals surface area contributed by atoms with Crippen molar-refractivity contribution in [3.63, 3.8) is 0 Å². The van der Waals surface area contributed by atoms with Gasteiger partial charge in [-0.2, -0.15) is 0 Å². The van der Waals surface area contributed by atoms with Gasteiger partial charge in [0, 0.05) is 12.7 Å². The van der Waals surface area contributed by atoms with Gasteiger partial charge in [-0.1, -0.05) is 25.7 Å². The van der Waals surface area contributed by atoms with Crippen molar-refractivity contribution in [1.29, 1.82) is 0 Å². The van der Waals surface area contributed by atoms with Gasteiger partial charge in [0.25, 0.3) is 5.91 Å². The van der Waals surface area contributed by atoms with Crippen LogP contribution in [0.2, 0.25) is 0 Å². The Morgan fingerprint density at radius 2 is 2.11 bits per heavy atom. The summed E-state index contributed by atoms with van der Waals surface area (Å²) in [4.78, 5) is 22.6. The number of aromatic nitrogens is 1. The molecular formula is C14H20N2O3. The van der Waals surface area contributed by atoms with E-state index >= 15 is 0 Å². The molecule has 0 aliphatic heterocycles. The number of carbonyl (C=O) groups excluding carboxylic acids is 1. The quantitative estimate of drug-likeness (QED) is 0.824. The Morgan fingerprint density at radius 1 is 1.37 bits per heavy atom. The van der Waals surface area contributed by atoms with E-state index in [1.807, 2.05) is 0 Å². The minimum Gasteiger partial charge on any atom is -0.480 e. The molecule has 5 nitrogen and oxygen atoms in total. The Kier molecular flexibility index (Phi) is 4.60. The maximum absolute atomic E-state index is 12.0. The maximum atomic E-state index is 12.0. The summed E-state index contributed by atoms with van der Waals surface area (Å²) in [5, 5.41) is 11.6. The Morgan fingerprint density at radius 3 is 2.79 bits per heavy atom. The molecule has 0 atom stereocenters. The molecule has 1 aliphatic carbocycles. The summed E-state index contributed by atoms with van der Waals surface area (Å²) in [6, 6.07) is 3.34. The minimum absolute atomic E-state index is 0.182. The predicted octanol–water partition coefficient (Wildman–Crippen LogP) is 1.88. The lowest BCUT2D eigenvalue weighted by atomic mass is 10.0. The topological polar surface area (TPSA) is 71.3 Å². The lowest BCUT2D eigenvalue weighted by Gasteiger charge is -2.11. The summed E-state index contributed by atoms with van der Waals surface area (Å²) < 4.78 is 1.45. The van der Waals surface area contributed by atoms with Crippen molar-refractivity contribution in [1.82, 2.24) is 9.88 Å². The van der Waals surface area contributed by atoms with Gasteiger partial charge in [0.2, 0.25) is 0 Å². The van der Waals surface area contributed by atoms with Crippen LogP contribution in [0.25, 0.3) is 0 Å². The highest BCUT2D eigenvalue weighted by atomic mass is 16.4. The molecule has 0 saturated heterocycles. The van der Waals surface area contributed by atoms with Crippen molar-refractivity contribution in [2.75, 3.05) is 6.54 Å². The summed E-state index contributed by atoms with van der Waals surface area (Å²) in [6.07, 6.45) is 7.78. The third kappa shape index (κ3) is 3.84. The first-order chi connectivity index (χ1) is 9.16. The Hall–Kier alpha value is -1.78. The summed E-state index contributed by atoms with van der Waals surface area (Å²) >= 11 is 0. The molecule has 0 radical (unpaired) electrons. The minimum atomic E-state index is -0.948. The van der Waals surface area contributed by atoms with Crippen LogP contribution in [0.1, 0.15) is 42.6 Å². The fourth-order valence-electron chi connectivity index (χ4n) is 2.68. The molecule has 0 unspecified atom stereocenters. The molecule has 0 bridgehead atoms. The number of aliphatic carboxylic acids is 1.